The van der Waals surface area contributed by atoms with Gasteiger partial charge in [-0.1, -0.05) is 48.0 Å². The molecule has 0 spiro atoms. The molecule has 0 aliphatic heterocycles. The topological polar surface area (TPSA) is 78.3 Å². The van der Waals surface area contributed by atoms with E-state index in [1.54, 1.807) is 71.7 Å². The van der Waals surface area contributed by atoms with E-state index in [0.29, 0.717) is 23.5 Å². The molecule has 0 radical (unpaired) electrons. The summed E-state index contributed by atoms with van der Waals surface area (Å²) in [6.07, 6.45) is 11.1. The van der Waals surface area contributed by atoms with Gasteiger partial charge in [0.05, 0.1) is 16.0 Å². The monoisotopic (exact) mass is 492 g/mol. The summed E-state index contributed by atoms with van der Waals surface area (Å²) in [5.41, 5.74) is -1.43. The lowest BCUT2D eigenvalue weighted by molar-refractivity contribution is -0.163. The van der Waals surface area contributed by atoms with E-state index in [1.807, 2.05) is 0 Å². The van der Waals surface area contributed by atoms with E-state index in [4.69, 9.17) is 4.74 Å². The maximum absolute atomic E-state index is 13.5. The van der Waals surface area contributed by atoms with Gasteiger partial charge < -0.3 is 4.74 Å². The third kappa shape index (κ3) is 6.83. The highest BCUT2D eigenvalue weighted by Gasteiger charge is 2.39. The number of aromatic nitrogens is 2. The van der Waals surface area contributed by atoms with Crippen LogP contribution in [0, 0.1) is 28.6 Å². The second kappa shape index (κ2) is 10.4. The van der Waals surface area contributed by atoms with Crippen molar-refractivity contribution in [2.45, 2.75) is 80.8 Å². The predicted octanol–water partition coefficient (Wildman–Crippen LogP) is 5.09. The van der Waals surface area contributed by atoms with E-state index in [0.717, 1.165) is 19.3 Å². The number of esters is 1. The summed E-state index contributed by atoms with van der Waals surface area (Å²) in [6.45, 7) is 15.5. The Kier molecular flexibility index (Phi) is 8.66. The van der Waals surface area contributed by atoms with Crippen molar-refractivity contribution >= 4 is 31.8 Å². The van der Waals surface area contributed by atoms with Crippen LogP contribution in [0.4, 0.5) is 0 Å². The molecule has 1 fully saturated rings. The van der Waals surface area contributed by atoms with Crippen LogP contribution >= 0.6 is 0 Å². The minimum Gasteiger partial charge on any atom is -0.461 e. The Labute approximate surface area is 206 Å². The zero-order valence-corrected chi connectivity index (χ0v) is 23.5. The Bertz CT molecular complexity index is 1030. The molecule has 0 N–H and O–H groups in total. The van der Waals surface area contributed by atoms with Gasteiger partial charge in [-0.15, -0.1) is 0 Å². The molecule has 1 aromatic heterocycles. The summed E-state index contributed by atoms with van der Waals surface area (Å²) in [5.74, 6) is 0.704. The molecule has 1 aliphatic rings. The summed E-state index contributed by atoms with van der Waals surface area (Å²) >= 11 is 0. The van der Waals surface area contributed by atoms with E-state index in [2.05, 4.69) is 25.9 Å². The van der Waals surface area contributed by atoms with Gasteiger partial charge in [-0.05, 0) is 66.1 Å². The molecule has 0 unspecified atom stereocenters. The second-order valence-corrected chi connectivity index (χ2v) is 15.0. The molecule has 0 aromatic carbocycles. The normalized spacial score (nSPS) is 22.6. The molecule has 0 amide bonds. The molecular weight excluding hydrogens is 448 g/mol. The average molecular weight is 493 g/mol. The lowest BCUT2D eigenvalue weighted by Gasteiger charge is -2.38. The molecule has 1 heterocycles. The maximum atomic E-state index is 13.5. The van der Waals surface area contributed by atoms with Crippen LogP contribution in [0.1, 0.15) is 74.7 Å². The van der Waals surface area contributed by atoms with Crippen LogP contribution in [-0.2, 0) is 23.8 Å². The van der Waals surface area contributed by atoms with Gasteiger partial charge in [0.25, 0.3) is 0 Å². The first-order valence-corrected chi connectivity index (χ1v) is 14.6. The summed E-state index contributed by atoms with van der Waals surface area (Å²) in [5, 5.41) is 4.32. The van der Waals surface area contributed by atoms with Crippen LogP contribution in [0.25, 0.3) is 5.70 Å². The minimum atomic E-state index is -2.69. The van der Waals surface area contributed by atoms with Crippen molar-refractivity contribution in [3.05, 3.63) is 24.5 Å². The number of ether oxygens (including phenoxy) is 1. The summed E-state index contributed by atoms with van der Waals surface area (Å²) in [6, 6.07) is 1.74. The van der Waals surface area contributed by atoms with Gasteiger partial charge in [0, 0.05) is 30.3 Å². The smallest absolute Gasteiger partial charge is 0.315 e. The van der Waals surface area contributed by atoms with Crippen LogP contribution < -0.4 is 0 Å². The number of carbonyl (C=O) groups excluding carboxylic acids is 2. The zero-order chi connectivity index (χ0) is 26.1. The van der Waals surface area contributed by atoms with Crippen molar-refractivity contribution in [2.75, 3.05) is 12.5 Å². The van der Waals surface area contributed by atoms with Crippen molar-refractivity contribution < 1.29 is 18.5 Å². The number of hydrogen-bond donors (Lipinski definition) is 0. The zero-order valence-electron chi connectivity index (χ0n) is 22.7. The highest BCUT2D eigenvalue weighted by molar-refractivity contribution is 8.03. The highest BCUT2D eigenvalue weighted by Crippen LogP contribution is 2.37. The SMILES string of the molecule is CC(C)[C@@H]1CC[C@@H](C)C[C@H]1OC(=O)C(C)(C)/C=C(\C(C(=O)C(C)(C)C)=S(C)(C)=O)n1cccn1. The molecule has 0 bridgehead atoms. The van der Waals surface area contributed by atoms with Crippen LogP contribution in [-0.4, -0.2) is 49.2 Å². The van der Waals surface area contributed by atoms with Gasteiger partial charge >= 0.3 is 5.97 Å². The van der Waals surface area contributed by atoms with Crippen LogP contribution in [0.15, 0.2) is 24.5 Å². The minimum absolute atomic E-state index is 0.127. The highest BCUT2D eigenvalue weighted by atomic mass is 32.2. The summed E-state index contributed by atoms with van der Waals surface area (Å²) in [7, 11) is -2.69. The number of ketones is 1. The molecule has 2 rings (SSSR count). The lowest BCUT2D eigenvalue weighted by Crippen LogP contribution is -2.40. The predicted molar refractivity (Wildman–Crippen MR) is 141 cm³/mol. The lowest BCUT2D eigenvalue weighted by atomic mass is 9.75. The van der Waals surface area contributed by atoms with Gasteiger partial charge in [0.2, 0.25) is 0 Å². The number of carbonyl (C=O) groups is 2. The summed E-state index contributed by atoms with van der Waals surface area (Å²) < 4.78 is 21.0. The van der Waals surface area contributed by atoms with Gasteiger partial charge in [-0.3, -0.25) is 13.8 Å². The Morgan fingerprint density at radius 2 is 1.76 bits per heavy atom. The molecular formula is C27H44N2O4S. The van der Waals surface area contributed by atoms with Gasteiger partial charge in [-0.25, -0.2) is 4.68 Å². The Morgan fingerprint density at radius 1 is 1.15 bits per heavy atom. The first kappa shape index (κ1) is 28.3. The third-order valence-corrected chi connectivity index (χ3v) is 7.98. The summed E-state index contributed by atoms with van der Waals surface area (Å²) in [4.78, 5) is 27.1. The quantitative estimate of drug-likeness (QED) is 0.301. The first-order valence-electron chi connectivity index (χ1n) is 12.3. The van der Waals surface area contributed by atoms with E-state index < -0.39 is 20.4 Å². The van der Waals surface area contributed by atoms with E-state index >= 15 is 0 Å². The third-order valence-electron chi connectivity index (χ3n) is 6.61. The van der Waals surface area contributed by atoms with Gasteiger partial charge in [0.15, 0.2) is 5.78 Å². The molecule has 1 saturated carbocycles. The van der Waals surface area contributed by atoms with Crippen molar-refractivity contribution in [1.29, 1.82) is 0 Å². The molecule has 3 atom stereocenters. The largest absolute Gasteiger partial charge is 0.461 e. The van der Waals surface area contributed by atoms with E-state index in [-0.39, 0.29) is 22.7 Å². The van der Waals surface area contributed by atoms with Crippen LogP contribution in [0.5, 0.6) is 0 Å². The van der Waals surface area contributed by atoms with Crippen molar-refractivity contribution in [3.63, 3.8) is 0 Å². The fraction of sp³-hybridized carbons (Fsp3) is 0.704. The van der Waals surface area contributed by atoms with Crippen molar-refractivity contribution in [1.82, 2.24) is 9.78 Å². The molecule has 192 valence electrons. The molecule has 1 aliphatic carbocycles. The fourth-order valence-electron chi connectivity index (χ4n) is 4.52. The molecule has 7 heteroatoms. The molecule has 0 saturated heterocycles. The maximum Gasteiger partial charge on any atom is 0.315 e. The number of rotatable bonds is 7. The standard InChI is InChI=1S/C27H44N2O4S/c1-18(2)20-13-12-19(3)16-22(20)33-25(31)27(7,8)17-21(29-15-11-14-28-29)23(34(9,10)32)24(30)26(4,5)6/h11,14-15,17-20,22H,12-13,16H2,1-10H3/b21-17+/t19-,20+,22-/m1/s1. The van der Waals surface area contributed by atoms with Crippen LogP contribution in [0.3, 0.4) is 0 Å². The van der Waals surface area contributed by atoms with Gasteiger partial charge in [-0.2, -0.15) is 5.10 Å². The number of nitrogens with zero attached hydrogens (tertiary/aromatic N) is 2. The van der Waals surface area contributed by atoms with Crippen molar-refractivity contribution in [3.8, 4) is 0 Å². The van der Waals surface area contributed by atoms with E-state index in [1.165, 1.54) is 4.68 Å². The average Bonchev–Trinajstić information content (AvgIpc) is 3.19. The Balaban J connectivity index is 2.55. The number of Topliss-reactive ketones (excluding diaryl/α,β-unsaturated/α-hetero) is 1. The van der Waals surface area contributed by atoms with Crippen LogP contribution in [0.2, 0.25) is 0 Å². The Morgan fingerprint density at radius 3 is 2.24 bits per heavy atom. The van der Waals surface area contributed by atoms with Gasteiger partial charge in [0.1, 0.15) is 6.10 Å². The molecule has 1 aromatic rings. The number of allylic oxidation sites excluding steroid dienone is 1. The number of hydrogen-bond acceptors (Lipinski definition) is 5. The fourth-order valence-corrected chi connectivity index (χ4v) is 5.93. The Hall–Kier alpha value is -1.89. The second-order valence-electron chi connectivity index (χ2n) is 12.1. The first-order chi connectivity index (χ1) is 15.4. The van der Waals surface area contributed by atoms with Crippen molar-refractivity contribution in [2.24, 2.45) is 28.6 Å². The molecule has 6 nitrogen and oxygen atoms in total. The molecule has 34 heavy (non-hydrogen) atoms. The van der Waals surface area contributed by atoms with E-state index in [9.17, 15) is 13.8 Å².